The van der Waals surface area contributed by atoms with Crippen molar-refractivity contribution in [2.24, 2.45) is 0 Å². The molecule has 0 radical (unpaired) electrons. The number of benzene rings is 1. The summed E-state index contributed by atoms with van der Waals surface area (Å²) < 4.78 is 0. The van der Waals surface area contributed by atoms with Gasteiger partial charge in [0.15, 0.2) is 5.82 Å². The van der Waals surface area contributed by atoms with Gasteiger partial charge in [0.1, 0.15) is 5.03 Å². The normalized spacial score (nSPS) is 12.1. The molecule has 24 heavy (non-hydrogen) atoms. The van der Waals surface area contributed by atoms with Crippen LogP contribution < -0.4 is 10.6 Å². The van der Waals surface area contributed by atoms with Crippen molar-refractivity contribution in [2.45, 2.75) is 30.3 Å². The second-order valence-electron chi connectivity index (χ2n) is 5.71. The molecular formula is C18H17N5S. The third kappa shape index (κ3) is 2.92. The largest absolute Gasteiger partial charge is 0.380 e. The summed E-state index contributed by atoms with van der Waals surface area (Å²) in [7, 11) is 0. The molecule has 2 aromatic heterocycles. The fourth-order valence-corrected chi connectivity index (χ4v) is 3.54. The minimum Gasteiger partial charge on any atom is -0.380 e. The maximum absolute atomic E-state index is 4.49. The maximum Gasteiger partial charge on any atom is 0.163 e. The first-order valence-electron chi connectivity index (χ1n) is 7.76. The van der Waals surface area contributed by atoms with E-state index in [9.17, 15) is 0 Å². The van der Waals surface area contributed by atoms with Crippen molar-refractivity contribution < 1.29 is 0 Å². The fraction of sp³-hybridized carbons (Fsp3) is 0.167. The number of aryl methyl sites for hydroxylation is 2. The topological polar surface area (TPSA) is 62.7 Å². The highest BCUT2D eigenvalue weighted by Gasteiger charge is 2.17. The lowest BCUT2D eigenvalue weighted by atomic mass is 10.2. The number of fused-ring (bicyclic) bond motifs is 2. The Labute approximate surface area is 145 Å². The molecule has 0 bridgehead atoms. The van der Waals surface area contributed by atoms with Crippen LogP contribution in [0.5, 0.6) is 0 Å². The van der Waals surface area contributed by atoms with E-state index in [0.717, 1.165) is 40.2 Å². The van der Waals surface area contributed by atoms with Crippen molar-refractivity contribution in [1.82, 2.24) is 15.0 Å². The first-order chi connectivity index (χ1) is 11.7. The Morgan fingerprint density at radius 2 is 1.96 bits per heavy atom. The van der Waals surface area contributed by atoms with Gasteiger partial charge in [0.05, 0.1) is 17.1 Å². The highest BCUT2D eigenvalue weighted by molar-refractivity contribution is 7.99. The Kier molecular flexibility index (Phi) is 3.82. The number of aromatic nitrogens is 3. The van der Waals surface area contributed by atoms with Crippen molar-refractivity contribution in [3.05, 3.63) is 59.7 Å². The average Bonchev–Trinajstić information content (AvgIpc) is 2.59. The minimum absolute atomic E-state index is 0.749. The van der Waals surface area contributed by atoms with Crippen LogP contribution in [0.15, 0.2) is 52.6 Å². The van der Waals surface area contributed by atoms with Gasteiger partial charge in [-0.15, -0.1) is 0 Å². The second kappa shape index (κ2) is 6.13. The van der Waals surface area contributed by atoms with Crippen molar-refractivity contribution in [2.75, 3.05) is 10.6 Å². The number of hydrogen-bond acceptors (Lipinski definition) is 6. The maximum atomic E-state index is 4.49. The van der Waals surface area contributed by atoms with E-state index in [0.29, 0.717) is 0 Å². The van der Waals surface area contributed by atoms with E-state index in [1.54, 1.807) is 24.2 Å². The number of nitrogens with zero attached hydrogens (tertiary/aromatic N) is 3. The zero-order valence-corrected chi connectivity index (χ0v) is 14.3. The summed E-state index contributed by atoms with van der Waals surface area (Å²) in [5.41, 5.74) is 5.40. The summed E-state index contributed by atoms with van der Waals surface area (Å²) in [5.74, 6) is 0.818. The van der Waals surface area contributed by atoms with Crippen LogP contribution in [0, 0.1) is 13.8 Å². The van der Waals surface area contributed by atoms with Crippen LogP contribution >= 0.6 is 11.8 Å². The van der Waals surface area contributed by atoms with Gasteiger partial charge in [-0.2, -0.15) is 0 Å². The van der Waals surface area contributed by atoms with Crippen molar-refractivity contribution in [3.63, 3.8) is 0 Å². The van der Waals surface area contributed by atoms with Crippen molar-refractivity contribution >= 4 is 29.0 Å². The van der Waals surface area contributed by atoms with E-state index in [1.807, 2.05) is 19.9 Å². The summed E-state index contributed by atoms with van der Waals surface area (Å²) in [4.78, 5) is 14.3. The van der Waals surface area contributed by atoms with Crippen LogP contribution in [0.3, 0.4) is 0 Å². The summed E-state index contributed by atoms with van der Waals surface area (Å²) in [6.45, 7) is 4.78. The zero-order valence-electron chi connectivity index (χ0n) is 13.5. The molecule has 1 aromatic carbocycles. The molecule has 0 spiro atoms. The molecule has 3 heterocycles. The standard InChI is InChI=1S/C18H17N5S/c1-11-3-5-14(12(2)22-11)21-10-13-4-6-16-15(9-13)23-17-18(24-16)20-8-7-19-17/h3-9,21H,10H2,1-2H3,(H,19,23). The van der Waals surface area contributed by atoms with E-state index in [1.165, 1.54) is 10.5 Å². The summed E-state index contributed by atoms with van der Waals surface area (Å²) in [6, 6.07) is 10.5. The van der Waals surface area contributed by atoms with Gasteiger partial charge < -0.3 is 10.6 Å². The third-order valence-corrected chi connectivity index (χ3v) is 4.94. The third-order valence-electron chi connectivity index (χ3n) is 3.88. The molecule has 0 fully saturated rings. The van der Waals surface area contributed by atoms with Crippen LogP contribution in [0.2, 0.25) is 0 Å². The quantitative estimate of drug-likeness (QED) is 0.582. The van der Waals surface area contributed by atoms with E-state index in [-0.39, 0.29) is 0 Å². The highest BCUT2D eigenvalue weighted by atomic mass is 32.2. The van der Waals surface area contributed by atoms with Crippen LogP contribution in [0.4, 0.5) is 17.2 Å². The summed E-state index contributed by atoms with van der Waals surface area (Å²) in [5, 5.41) is 7.73. The first-order valence-corrected chi connectivity index (χ1v) is 8.57. The number of hydrogen-bond donors (Lipinski definition) is 2. The lowest BCUT2D eigenvalue weighted by molar-refractivity contribution is 1.04. The fourth-order valence-electron chi connectivity index (χ4n) is 2.66. The molecule has 2 N–H and O–H groups in total. The predicted molar refractivity (Wildman–Crippen MR) is 96.9 cm³/mol. The predicted octanol–water partition coefficient (Wildman–Crippen LogP) is 4.31. The molecule has 4 rings (SSSR count). The van der Waals surface area contributed by atoms with Crippen LogP contribution in [0.25, 0.3) is 0 Å². The van der Waals surface area contributed by atoms with Crippen LogP contribution in [0.1, 0.15) is 17.0 Å². The summed E-state index contributed by atoms with van der Waals surface area (Å²) in [6.07, 6.45) is 3.42. The van der Waals surface area contributed by atoms with E-state index >= 15 is 0 Å². The second-order valence-corrected chi connectivity index (χ2v) is 6.74. The SMILES string of the molecule is Cc1ccc(NCc2ccc3c(c2)Nc2nccnc2S3)c(C)n1. The Bertz CT molecular complexity index is 910. The number of nitrogens with one attached hydrogen (secondary N) is 2. The van der Waals surface area contributed by atoms with Gasteiger partial charge in [-0.3, -0.25) is 4.98 Å². The zero-order chi connectivity index (χ0) is 16.5. The smallest absolute Gasteiger partial charge is 0.163 e. The molecule has 0 atom stereocenters. The highest BCUT2D eigenvalue weighted by Crippen LogP contribution is 2.42. The van der Waals surface area contributed by atoms with Crippen molar-refractivity contribution in [3.8, 4) is 0 Å². The molecule has 0 saturated carbocycles. The number of rotatable bonds is 3. The van der Waals surface area contributed by atoms with E-state index < -0.39 is 0 Å². The van der Waals surface area contributed by atoms with Gasteiger partial charge in [-0.05, 0) is 43.7 Å². The summed E-state index contributed by atoms with van der Waals surface area (Å²) >= 11 is 1.64. The average molecular weight is 335 g/mol. The van der Waals surface area contributed by atoms with Crippen LogP contribution in [-0.4, -0.2) is 15.0 Å². The van der Waals surface area contributed by atoms with Gasteiger partial charge in [0, 0.05) is 29.5 Å². The molecule has 1 aliphatic rings. The molecule has 0 amide bonds. The Balaban J connectivity index is 1.52. The molecule has 1 aliphatic heterocycles. The molecule has 0 saturated heterocycles. The Hall–Kier alpha value is -2.60. The molecule has 3 aromatic rings. The van der Waals surface area contributed by atoms with Gasteiger partial charge in [0.25, 0.3) is 0 Å². The van der Waals surface area contributed by atoms with Gasteiger partial charge >= 0.3 is 0 Å². The molecular weight excluding hydrogens is 318 g/mol. The minimum atomic E-state index is 0.749. The van der Waals surface area contributed by atoms with Gasteiger partial charge in [-0.25, -0.2) is 9.97 Å². The van der Waals surface area contributed by atoms with E-state index in [2.05, 4.69) is 49.9 Å². The van der Waals surface area contributed by atoms with Crippen molar-refractivity contribution in [1.29, 1.82) is 0 Å². The van der Waals surface area contributed by atoms with Crippen LogP contribution in [-0.2, 0) is 6.54 Å². The molecule has 6 heteroatoms. The van der Waals surface area contributed by atoms with E-state index in [4.69, 9.17) is 0 Å². The van der Waals surface area contributed by atoms with Gasteiger partial charge in [-0.1, -0.05) is 17.8 Å². The lowest BCUT2D eigenvalue weighted by Gasteiger charge is -2.19. The number of pyridine rings is 1. The molecule has 5 nitrogen and oxygen atoms in total. The number of anilines is 3. The molecule has 0 unspecified atom stereocenters. The lowest BCUT2D eigenvalue weighted by Crippen LogP contribution is -2.06. The molecule has 0 aliphatic carbocycles. The Morgan fingerprint density at radius 3 is 2.83 bits per heavy atom. The first kappa shape index (κ1) is 15.0. The molecule has 120 valence electrons. The Morgan fingerprint density at radius 1 is 1.08 bits per heavy atom. The monoisotopic (exact) mass is 335 g/mol. The van der Waals surface area contributed by atoms with Gasteiger partial charge in [0.2, 0.25) is 0 Å².